The Morgan fingerprint density at radius 1 is 1.12 bits per heavy atom. The molecular formula is C19H22N2O4S. The van der Waals surface area contributed by atoms with Crippen LogP contribution in [0.4, 0.5) is 5.69 Å². The summed E-state index contributed by atoms with van der Waals surface area (Å²) in [4.78, 5) is 10.2. The number of sulfonamides is 1. The highest BCUT2D eigenvalue weighted by Gasteiger charge is 2.28. The lowest BCUT2D eigenvalue weighted by Crippen LogP contribution is -2.29. The van der Waals surface area contributed by atoms with Crippen molar-refractivity contribution >= 4 is 15.7 Å². The van der Waals surface area contributed by atoms with E-state index < -0.39 is 26.7 Å². The summed E-state index contributed by atoms with van der Waals surface area (Å²) >= 11 is 0. The Morgan fingerprint density at radius 2 is 1.81 bits per heavy atom. The normalized spacial score (nSPS) is 15.3. The van der Waals surface area contributed by atoms with Gasteiger partial charge >= 0.3 is 0 Å². The third kappa shape index (κ3) is 3.78. The molecule has 138 valence electrons. The molecule has 0 spiro atoms. The summed E-state index contributed by atoms with van der Waals surface area (Å²) in [5.41, 5.74) is 3.09. The second kappa shape index (κ2) is 7.55. The Balaban J connectivity index is 1.92. The molecule has 0 amide bonds. The first-order chi connectivity index (χ1) is 12.4. The van der Waals surface area contributed by atoms with Crippen LogP contribution in [0.1, 0.15) is 48.9 Å². The summed E-state index contributed by atoms with van der Waals surface area (Å²) in [5, 5.41) is 11.2. The zero-order chi connectivity index (χ0) is 18.7. The van der Waals surface area contributed by atoms with E-state index in [0.717, 1.165) is 24.8 Å². The molecule has 6 nitrogen and oxygen atoms in total. The van der Waals surface area contributed by atoms with Crippen LogP contribution >= 0.6 is 0 Å². The van der Waals surface area contributed by atoms with E-state index in [-0.39, 0.29) is 4.90 Å². The van der Waals surface area contributed by atoms with Crippen LogP contribution in [0.3, 0.4) is 0 Å². The number of benzene rings is 2. The topological polar surface area (TPSA) is 89.3 Å². The smallest absolute Gasteiger partial charge is 0.258 e. The third-order valence-corrected chi connectivity index (χ3v) is 6.35. The number of aryl methyl sites for hydroxylation is 2. The van der Waals surface area contributed by atoms with Crippen LogP contribution in [-0.2, 0) is 22.9 Å². The monoisotopic (exact) mass is 374 g/mol. The molecule has 7 heteroatoms. The van der Waals surface area contributed by atoms with Crippen molar-refractivity contribution in [2.75, 3.05) is 0 Å². The van der Waals surface area contributed by atoms with Crippen molar-refractivity contribution in [2.24, 2.45) is 0 Å². The summed E-state index contributed by atoms with van der Waals surface area (Å²) in [6.07, 6.45) is 4.96. The molecule has 1 atom stereocenters. The van der Waals surface area contributed by atoms with Gasteiger partial charge < -0.3 is 0 Å². The maximum absolute atomic E-state index is 12.8. The van der Waals surface area contributed by atoms with Gasteiger partial charge in [-0.05, 0) is 54.9 Å². The Morgan fingerprint density at radius 3 is 2.50 bits per heavy atom. The molecule has 0 aliphatic heterocycles. The Kier molecular flexibility index (Phi) is 5.38. The summed E-state index contributed by atoms with van der Waals surface area (Å²) in [7, 11) is -4.01. The highest BCUT2D eigenvalue weighted by Crippen LogP contribution is 2.29. The first-order valence-electron chi connectivity index (χ1n) is 8.80. The van der Waals surface area contributed by atoms with Crippen molar-refractivity contribution in [3.05, 3.63) is 69.3 Å². The van der Waals surface area contributed by atoms with Gasteiger partial charge in [0.05, 0.1) is 4.92 Å². The molecule has 2 aromatic carbocycles. The Hall–Kier alpha value is -2.25. The lowest BCUT2D eigenvalue weighted by Gasteiger charge is -2.21. The molecule has 0 saturated heterocycles. The van der Waals surface area contributed by atoms with Gasteiger partial charge in [0, 0.05) is 12.1 Å². The zero-order valence-corrected chi connectivity index (χ0v) is 15.5. The van der Waals surface area contributed by atoms with Crippen LogP contribution in [0.15, 0.2) is 47.4 Å². The molecule has 1 aliphatic rings. The minimum absolute atomic E-state index is 0.304. The maximum atomic E-state index is 12.8. The molecule has 0 fully saturated rings. The number of para-hydroxylation sites is 1. The number of nitro benzene ring substituents is 1. The highest BCUT2D eigenvalue weighted by molar-refractivity contribution is 7.89. The van der Waals surface area contributed by atoms with Gasteiger partial charge in [0.2, 0.25) is 10.0 Å². The van der Waals surface area contributed by atoms with Crippen LogP contribution in [0.5, 0.6) is 0 Å². The maximum Gasteiger partial charge on any atom is 0.289 e. The van der Waals surface area contributed by atoms with Gasteiger partial charge in [-0.15, -0.1) is 0 Å². The number of nitro groups is 1. The third-order valence-electron chi connectivity index (χ3n) is 4.83. The van der Waals surface area contributed by atoms with Gasteiger partial charge in [-0.1, -0.05) is 37.3 Å². The van der Waals surface area contributed by atoms with Gasteiger partial charge in [-0.2, -0.15) is 0 Å². The number of nitrogens with one attached hydrogen (secondary N) is 1. The van der Waals surface area contributed by atoms with E-state index in [1.807, 2.05) is 13.0 Å². The van der Waals surface area contributed by atoms with Gasteiger partial charge in [-0.25, -0.2) is 13.1 Å². The summed E-state index contributed by atoms with van der Waals surface area (Å²) in [6, 6.07) is 11.1. The van der Waals surface area contributed by atoms with Crippen molar-refractivity contribution in [1.29, 1.82) is 0 Å². The molecule has 0 radical (unpaired) electrons. The minimum atomic E-state index is -4.01. The number of hydrogen-bond donors (Lipinski definition) is 1. The molecule has 1 aliphatic carbocycles. The van der Waals surface area contributed by atoms with Crippen LogP contribution in [-0.4, -0.2) is 13.3 Å². The fourth-order valence-electron chi connectivity index (χ4n) is 3.44. The number of hydrogen-bond acceptors (Lipinski definition) is 4. The van der Waals surface area contributed by atoms with E-state index in [0.29, 0.717) is 6.42 Å². The highest BCUT2D eigenvalue weighted by atomic mass is 32.2. The van der Waals surface area contributed by atoms with E-state index in [1.165, 1.54) is 41.8 Å². The van der Waals surface area contributed by atoms with Gasteiger partial charge in [0.15, 0.2) is 4.90 Å². The lowest BCUT2D eigenvalue weighted by molar-refractivity contribution is -0.387. The molecule has 0 saturated carbocycles. The fraction of sp³-hybridized carbons (Fsp3) is 0.368. The molecule has 0 bridgehead atoms. The SMILES string of the molecule is CC[C@@H](NS(=O)(=O)c1ccccc1[N+](=O)[O-])c1ccc2c(c1)CCCC2. The predicted octanol–water partition coefficient (Wildman–Crippen LogP) is 3.90. The molecule has 0 aromatic heterocycles. The largest absolute Gasteiger partial charge is 0.289 e. The minimum Gasteiger partial charge on any atom is -0.258 e. The summed E-state index contributed by atoms with van der Waals surface area (Å²) in [5.74, 6) is 0. The van der Waals surface area contributed by atoms with Crippen LogP contribution in [0, 0.1) is 10.1 Å². The number of nitrogens with zero attached hydrogens (tertiary/aromatic N) is 1. The summed E-state index contributed by atoms with van der Waals surface area (Å²) < 4.78 is 28.2. The van der Waals surface area contributed by atoms with E-state index in [4.69, 9.17) is 0 Å². The van der Waals surface area contributed by atoms with Crippen molar-refractivity contribution < 1.29 is 13.3 Å². The molecule has 0 heterocycles. The van der Waals surface area contributed by atoms with E-state index >= 15 is 0 Å². The number of fused-ring (bicyclic) bond motifs is 1. The average molecular weight is 374 g/mol. The van der Waals surface area contributed by atoms with Crippen molar-refractivity contribution in [2.45, 2.75) is 50.0 Å². The number of rotatable bonds is 6. The molecule has 3 rings (SSSR count). The first kappa shape index (κ1) is 18.5. The first-order valence-corrected chi connectivity index (χ1v) is 10.3. The molecule has 0 unspecified atom stereocenters. The second-order valence-electron chi connectivity index (χ2n) is 6.54. The fourth-order valence-corrected chi connectivity index (χ4v) is 4.92. The lowest BCUT2D eigenvalue weighted by atomic mass is 9.89. The van der Waals surface area contributed by atoms with Crippen molar-refractivity contribution in [3.8, 4) is 0 Å². The average Bonchev–Trinajstić information content (AvgIpc) is 2.65. The Bertz CT molecular complexity index is 925. The van der Waals surface area contributed by atoms with E-state index in [2.05, 4.69) is 16.9 Å². The van der Waals surface area contributed by atoms with Gasteiger partial charge in [-0.3, -0.25) is 10.1 Å². The molecule has 26 heavy (non-hydrogen) atoms. The quantitative estimate of drug-likeness (QED) is 0.613. The zero-order valence-electron chi connectivity index (χ0n) is 14.6. The standard InChI is InChI=1S/C19H22N2O4S/c1-2-17(16-12-11-14-7-3-4-8-15(14)13-16)20-26(24,25)19-10-6-5-9-18(19)21(22)23/h5-6,9-13,17,20H,2-4,7-8H2,1H3/t17-/m1/s1. The van der Waals surface area contributed by atoms with Gasteiger partial charge in [0.25, 0.3) is 5.69 Å². The van der Waals surface area contributed by atoms with Gasteiger partial charge in [0.1, 0.15) is 0 Å². The van der Waals surface area contributed by atoms with Crippen LogP contribution in [0.25, 0.3) is 0 Å². The molecule has 1 N–H and O–H groups in total. The molecule has 2 aromatic rings. The molecular weight excluding hydrogens is 352 g/mol. The summed E-state index contributed by atoms with van der Waals surface area (Å²) in [6.45, 7) is 1.89. The second-order valence-corrected chi connectivity index (χ2v) is 8.22. The van der Waals surface area contributed by atoms with Crippen LogP contribution < -0.4 is 4.72 Å². The predicted molar refractivity (Wildman–Crippen MR) is 99.5 cm³/mol. The Labute approximate surface area is 153 Å². The van der Waals surface area contributed by atoms with Crippen molar-refractivity contribution in [3.63, 3.8) is 0 Å². The van der Waals surface area contributed by atoms with E-state index in [1.54, 1.807) is 0 Å². The van der Waals surface area contributed by atoms with Crippen molar-refractivity contribution in [1.82, 2.24) is 4.72 Å². The van der Waals surface area contributed by atoms with E-state index in [9.17, 15) is 18.5 Å². The van der Waals surface area contributed by atoms with Crippen LogP contribution in [0.2, 0.25) is 0 Å².